The van der Waals surface area contributed by atoms with Gasteiger partial charge in [0, 0.05) is 18.2 Å². The van der Waals surface area contributed by atoms with Gasteiger partial charge in [0.15, 0.2) is 0 Å². The summed E-state index contributed by atoms with van der Waals surface area (Å²) in [6.07, 6.45) is 4.67. The Morgan fingerprint density at radius 3 is 2.34 bits per heavy atom. The summed E-state index contributed by atoms with van der Waals surface area (Å²) in [4.78, 5) is 12.4. The average molecular weight is 437 g/mol. The van der Waals surface area contributed by atoms with Crippen molar-refractivity contribution >= 4 is 39.3 Å². The Bertz CT molecular complexity index is 1030. The van der Waals surface area contributed by atoms with Gasteiger partial charge in [-0.25, -0.2) is 13.1 Å². The largest absolute Gasteiger partial charge is 0.495 e. The fourth-order valence-corrected chi connectivity index (χ4v) is 4.10. The summed E-state index contributed by atoms with van der Waals surface area (Å²) >= 11 is 6.10. The van der Waals surface area contributed by atoms with Gasteiger partial charge >= 0.3 is 0 Å². The second-order valence-corrected chi connectivity index (χ2v) is 8.60. The number of hydrogen-bond acceptors (Lipinski definition) is 5. The molecule has 1 fully saturated rings. The topological polar surface area (TPSA) is 93.7 Å². The third kappa shape index (κ3) is 5.50. The highest BCUT2D eigenvalue weighted by Crippen LogP contribution is 2.35. The Hall–Kier alpha value is -2.55. The number of hydrogen-bond donors (Lipinski definition) is 2. The van der Waals surface area contributed by atoms with Crippen molar-refractivity contribution in [1.82, 2.24) is 4.72 Å². The SMILES string of the molecule is COc1cc(OC)c(NC(=O)/C=C/c2ccc(S(=O)(=O)NC3CC3)cc2)cc1Cl. The number of methoxy groups -OCH3 is 2. The van der Waals surface area contributed by atoms with Gasteiger partial charge < -0.3 is 14.8 Å². The van der Waals surface area contributed by atoms with Crippen LogP contribution in [0.15, 0.2) is 47.4 Å². The van der Waals surface area contributed by atoms with E-state index in [-0.39, 0.29) is 10.9 Å². The number of benzene rings is 2. The third-order valence-corrected chi connectivity index (χ3v) is 6.08. The first-order valence-corrected chi connectivity index (χ1v) is 10.7. The van der Waals surface area contributed by atoms with E-state index in [0.717, 1.165) is 12.8 Å². The number of carbonyl (C=O) groups is 1. The molecule has 0 atom stereocenters. The van der Waals surface area contributed by atoms with Crippen molar-refractivity contribution in [2.75, 3.05) is 19.5 Å². The van der Waals surface area contributed by atoms with Crippen molar-refractivity contribution in [3.05, 3.63) is 53.1 Å². The van der Waals surface area contributed by atoms with Crippen LogP contribution in [-0.2, 0) is 14.8 Å². The molecule has 2 aromatic carbocycles. The van der Waals surface area contributed by atoms with E-state index >= 15 is 0 Å². The van der Waals surface area contributed by atoms with Crippen molar-refractivity contribution in [2.45, 2.75) is 23.8 Å². The first-order valence-electron chi connectivity index (χ1n) is 8.85. The van der Waals surface area contributed by atoms with Crippen LogP contribution >= 0.6 is 11.6 Å². The fraction of sp³-hybridized carbons (Fsp3) is 0.250. The summed E-state index contributed by atoms with van der Waals surface area (Å²) in [7, 11) is -0.533. The number of rotatable bonds is 8. The molecule has 1 aliphatic rings. The molecule has 0 aromatic heterocycles. The zero-order valence-corrected chi connectivity index (χ0v) is 17.5. The normalized spacial score (nSPS) is 14.0. The lowest BCUT2D eigenvalue weighted by Gasteiger charge is -2.12. The van der Waals surface area contributed by atoms with E-state index in [1.54, 1.807) is 24.3 Å². The monoisotopic (exact) mass is 436 g/mol. The molecule has 2 aromatic rings. The second kappa shape index (κ2) is 8.86. The van der Waals surface area contributed by atoms with Gasteiger partial charge in [-0.1, -0.05) is 23.7 Å². The van der Waals surface area contributed by atoms with E-state index in [1.807, 2.05) is 0 Å². The predicted molar refractivity (Wildman–Crippen MR) is 112 cm³/mol. The zero-order valence-electron chi connectivity index (χ0n) is 15.9. The van der Waals surface area contributed by atoms with Crippen molar-refractivity contribution in [1.29, 1.82) is 0 Å². The van der Waals surface area contributed by atoms with Crippen molar-refractivity contribution < 1.29 is 22.7 Å². The van der Waals surface area contributed by atoms with Crippen LogP contribution in [0, 0.1) is 0 Å². The fourth-order valence-electron chi connectivity index (χ4n) is 2.55. The van der Waals surface area contributed by atoms with Crippen molar-refractivity contribution in [2.24, 2.45) is 0 Å². The van der Waals surface area contributed by atoms with Gasteiger partial charge in [-0.05, 0) is 42.7 Å². The molecule has 0 aliphatic heterocycles. The highest BCUT2D eigenvalue weighted by molar-refractivity contribution is 7.89. The Morgan fingerprint density at radius 1 is 1.10 bits per heavy atom. The summed E-state index contributed by atoms with van der Waals surface area (Å²) in [5.74, 6) is 0.450. The molecule has 154 valence electrons. The van der Waals surface area contributed by atoms with Crippen LogP contribution in [0.25, 0.3) is 6.08 Å². The molecule has 1 aliphatic carbocycles. The van der Waals surface area contributed by atoms with Crippen LogP contribution in [0.4, 0.5) is 5.69 Å². The van der Waals surface area contributed by atoms with E-state index in [4.69, 9.17) is 21.1 Å². The minimum absolute atomic E-state index is 0.0479. The van der Waals surface area contributed by atoms with Crippen LogP contribution in [0.5, 0.6) is 11.5 Å². The number of carbonyl (C=O) groups excluding carboxylic acids is 1. The maximum absolute atomic E-state index is 12.2. The summed E-state index contributed by atoms with van der Waals surface area (Å²) in [5, 5.41) is 3.03. The first kappa shape index (κ1) is 21.2. The van der Waals surface area contributed by atoms with E-state index in [2.05, 4.69) is 10.0 Å². The van der Waals surface area contributed by atoms with E-state index in [1.165, 1.54) is 38.5 Å². The predicted octanol–water partition coefficient (Wildman–Crippen LogP) is 3.45. The first-order chi connectivity index (χ1) is 13.8. The smallest absolute Gasteiger partial charge is 0.248 e. The van der Waals surface area contributed by atoms with Gasteiger partial charge in [-0.2, -0.15) is 0 Å². The number of halogens is 1. The lowest BCUT2D eigenvalue weighted by Crippen LogP contribution is -2.25. The third-order valence-electron chi connectivity index (χ3n) is 4.25. The molecule has 7 nitrogen and oxygen atoms in total. The number of ether oxygens (including phenoxy) is 2. The molecular weight excluding hydrogens is 416 g/mol. The molecular formula is C20H21ClN2O5S. The van der Waals surface area contributed by atoms with Gasteiger partial charge in [0.05, 0.1) is 29.8 Å². The van der Waals surface area contributed by atoms with Crippen LogP contribution in [0.1, 0.15) is 18.4 Å². The van der Waals surface area contributed by atoms with Crippen molar-refractivity contribution in [3.8, 4) is 11.5 Å². The molecule has 0 saturated heterocycles. The Kier molecular flexibility index (Phi) is 6.46. The Labute approximate surface area is 174 Å². The standard InChI is InChI=1S/C20H21ClN2O5S/c1-27-18-12-19(28-2)17(11-16(18)21)22-20(24)10-5-13-3-8-15(9-4-13)29(25,26)23-14-6-7-14/h3-5,8-12,14,23H,6-7H2,1-2H3,(H,22,24)/b10-5+. The van der Waals surface area contributed by atoms with Gasteiger partial charge in [0.25, 0.3) is 0 Å². The van der Waals surface area contributed by atoms with Gasteiger partial charge in [0.2, 0.25) is 15.9 Å². The van der Waals surface area contributed by atoms with Crippen LogP contribution in [0.2, 0.25) is 5.02 Å². The highest BCUT2D eigenvalue weighted by Gasteiger charge is 2.27. The minimum atomic E-state index is -3.49. The van der Waals surface area contributed by atoms with Gasteiger partial charge in [-0.3, -0.25) is 4.79 Å². The number of amides is 1. The van der Waals surface area contributed by atoms with Gasteiger partial charge in [0.1, 0.15) is 11.5 Å². The number of anilines is 1. The lowest BCUT2D eigenvalue weighted by molar-refractivity contribution is -0.111. The number of sulfonamides is 1. The van der Waals surface area contributed by atoms with Crippen molar-refractivity contribution in [3.63, 3.8) is 0 Å². The second-order valence-electron chi connectivity index (χ2n) is 6.47. The van der Waals surface area contributed by atoms with E-state index < -0.39 is 15.9 Å². The van der Waals surface area contributed by atoms with Gasteiger partial charge in [-0.15, -0.1) is 0 Å². The minimum Gasteiger partial charge on any atom is -0.495 e. The molecule has 0 bridgehead atoms. The zero-order chi connectivity index (χ0) is 21.0. The van der Waals surface area contributed by atoms with Crippen LogP contribution < -0.4 is 19.5 Å². The van der Waals surface area contributed by atoms with E-state index in [0.29, 0.717) is 27.8 Å². The summed E-state index contributed by atoms with van der Waals surface area (Å²) in [6.45, 7) is 0. The maximum atomic E-state index is 12.2. The van der Waals surface area contributed by atoms with Crippen LogP contribution in [0.3, 0.4) is 0 Å². The maximum Gasteiger partial charge on any atom is 0.248 e. The average Bonchev–Trinajstić information content (AvgIpc) is 3.50. The van der Waals surface area contributed by atoms with Crippen LogP contribution in [-0.4, -0.2) is 34.6 Å². The molecule has 0 spiro atoms. The Morgan fingerprint density at radius 2 is 1.76 bits per heavy atom. The lowest BCUT2D eigenvalue weighted by atomic mass is 10.2. The summed E-state index contributed by atoms with van der Waals surface area (Å²) < 4.78 is 37.3. The molecule has 9 heteroatoms. The molecule has 0 radical (unpaired) electrons. The van der Waals surface area contributed by atoms with E-state index in [9.17, 15) is 13.2 Å². The highest BCUT2D eigenvalue weighted by atomic mass is 35.5. The number of nitrogens with one attached hydrogen (secondary N) is 2. The quantitative estimate of drug-likeness (QED) is 0.618. The summed E-state index contributed by atoms with van der Waals surface area (Å²) in [6, 6.07) is 9.45. The Balaban J connectivity index is 1.67. The molecule has 1 amide bonds. The molecule has 29 heavy (non-hydrogen) atoms. The molecule has 3 rings (SSSR count). The molecule has 1 saturated carbocycles. The summed E-state index contributed by atoms with van der Waals surface area (Å²) in [5.41, 5.74) is 1.09. The molecule has 2 N–H and O–H groups in total. The molecule has 0 unspecified atom stereocenters. The molecule has 0 heterocycles.